The summed E-state index contributed by atoms with van der Waals surface area (Å²) in [5.41, 5.74) is 10.5. The smallest absolute Gasteiger partial charge is 0.339 e. The van der Waals surface area contributed by atoms with Crippen molar-refractivity contribution in [2.45, 2.75) is 118 Å². The Labute approximate surface area is 617 Å². The van der Waals surface area contributed by atoms with Crippen LogP contribution in [0, 0.1) is 32.4 Å². The number of aryl methyl sites for hydroxylation is 3. The Balaban J connectivity index is 0.000000171. The molecule has 540 valence electrons. The summed E-state index contributed by atoms with van der Waals surface area (Å²) >= 11 is 16.9. The molecule has 0 unspecified atom stereocenters. The Morgan fingerprint density at radius 2 is 0.769 bits per heavy atom. The molecule has 0 aliphatic carbocycles. The molecule has 0 aliphatic rings. The molecular weight excluding hydrogens is 1440 g/mol. The van der Waals surface area contributed by atoms with Gasteiger partial charge in [-0.15, -0.1) is 0 Å². The fraction of sp³-hybridized carbons (Fsp3) is 0.269. The number of carbonyl (C=O) groups is 3. The first-order valence-corrected chi connectivity index (χ1v) is 34.1. The van der Waals surface area contributed by atoms with E-state index < -0.39 is 64.7 Å². The summed E-state index contributed by atoms with van der Waals surface area (Å²) in [4.78, 5) is 52.0. The van der Waals surface area contributed by atoms with E-state index in [1.54, 1.807) is 55.6 Å². The van der Waals surface area contributed by atoms with Gasteiger partial charge in [-0.25, -0.2) is 51.7 Å². The summed E-state index contributed by atoms with van der Waals surface area (Å²) in [5, 5.41) is 45.0. The SMILES string of the molecule is COC(=O)[C@@H](OC(C)(C)C)c1c(C)nc2cc(-c3cccc(-c4ccc(F)cc4O)c3)nn2c1-c1ccc(O)cc1.COC(=O)[C@@H](OC(C)(C)C)c1c(C)nc2cc(-c3cccc(-c4ccc(F)cc4O)c3)nn2c1Cl.COC(=O)[C@@H](OC(C)(C)C)c1c(C)nc2cc(-c3cccc(Br)c3)nn2c1Cl. The van der Waals surface area contributed by atoms with Crippen LogP contribution in [0.25, 0.3) is 84.2 Å². The number of halogens is 5. The molecule has 3 N–H and O–H groups in total. The lowest BCUT2D eigenvalue weighted by molar-refractivity contribution is -0.164. The predicted molar refractivity (Wildman–Crippen MR) is 395 cm³/mol. The van der Waals surface area contributed by atoms with E-state index in [0.717, 1.165) is 39.0 Å². The van der Waals surface area contributed by atoms with Crippen molar-refractivity contribution in [1.29, 1.82) is 0 Å². The van der Waals surface area contributed by atoms with E-state index in [1.165, 1.54) is 54.6 Å². The van der Waals surface area contributed by atoms with Crippen LogP contribution in [-0.4, -0.2) is 115 Å². The summed E-state index contributed by atoms with van der Waals surface area (Å²) in [6, 6.07) is 42.2. The lowest BCUT2D eigenvalue weighted by atomic mass is 9.98. The number of aromatic hydroxyl groups is 3. The lowest BCUT2D eigenvalue weighted by Crippen LogP contribution is -2.29. The van der Waals surface area contributed by atoms with E-state index >= 15 is 0 Å². The number of rotatable bonds is 15. The highest BCUT2D eigenvalue weighted by molar-refractivity contribution is 9.10. The summed E-state index contributed by atoms with van der Waals surface area (Å²) in [7, 11) is 3.91. The molecule has 6 heterocycles. The Kier molecular flexibility index (Phi) is 22.8. The molecule has 0 saturated carbocycles. The number of phenols is 3. The van der Waals surface area contributed by atoms with E-state index in [1.807, 2.05) is 147 Å². The molecule has 3 atom stereocenters. The first-order valence-electron chi connectivity index (χ1n) is 32.6. The zero-order valence-corrected chi connectivity index (χ0v) is 62.7. The highest BCUT2D eigenvalue weighted by Gasteiger charge is 2.37. The van der Waals surface area contributed by atoms with Gasteiger partial charge in [0.2, 0.25) is 0 Å². The summed E-state index contributed by atoms with van der Waals surface area (Å²) < 4.78 is 65.7. The number of phenolic OH excluding ortho intramolecular Hbond substituents is 3. The Morgan fingerprint density at radius 1 is 0.433 bits per heavy atom. The second-order valence-electron chi connectivity index (χ2n) is 27.1. The highest BCUT2D eigenvalue weighted by atomic mass is 79.9. The highest BCUT2D eigenvalue weighted by Crippen LogP contribution is 2.41. The second kappa shape index (κ2) is 31.0. The van der Waals surface area contributed by atoms with Gasteiger partial charge in [0.1, 0.15) is 39.2 Å². The number of ether oxygens (including phenoxy) is 6. The summed E-state index contributed by atoms with van der Waals surface area (Å²) in [5.74, 6) is -2.99. The van der Waals surface area contributed by atoms with E-state index in [4.69, 9.17) is 61.7 Å². The summed E-state index contributed by atoms with van der Waals surface area (Å²) in [6.45, 7) is 21.9. The first kappa shape index (κ1) is 76.4. The van der Waals surface area contributed by atoms with Crippen LogP contribution in [0.2, 0.25) is 10.3 Å². The monoisotopic (exact) mass is 1520 g/mol. The average Bonchev–Trinajstić information content (AvgIpc) is 1.55. The average molecular weight is 1520 g/mol. The van der Waals surface area contributed by atoms with Gasteiger partial charge in [-0.05, 0) is 167 Å². The molecule has 0 saturated heterocycles. The fourth-order valence-electron chi connectivity index (χ4n) is 11.4. The zero-order chi connectivity index (χ0) is 75.6. The van der Waals surface area contributed by atoms with Crippen LogP contribution >= 0.6 is 39.1 Å². The maximum atomic E-state index is 13.6. The van der Waals surface area contributed by atoms with Crippen molar-refractivity contribution in [1.82, 2.24) is 43.8 Å². The zero-order valence-electron chi connectivity index (χ0n) is 59.6. The van der Waals surface area contributed by atoms with Crippen LogP contribution in [0.4, 0.5) is 8.78 Å². The number of fused-ring (bicyclic) bond motifs is 3. The van der Waals surface area contributed by atoms with Crippen LogP contribution in [0.15, 0.2) is 156 Å². The molecule has 0 aliphatic heterocycles. The van der Waals surface area contributed by atoms with E-state index in [2.05, 4.69) is 36.1 Å². The standard InChI is InChI=1S/C32H30FN3O5.C26H25ClFN3O4.C20H21BrClN3O3/c1-18-28(30(31(39)40-5)41-32(2,3)4)29(19-9-12-23(37)13-10-19)36-27(34-18)17-25(35-36)21-8-6-7-20(15-21)24-14-11-22(33)16-26(24)38;1-14-22(23(25(33)34-5)35-26(2,3)4)24(27)31-21(29-14)13-19(30-31)16-8-6-7-15(11-16)18-10-9-17(28)12-20(18)32;1-11-16(17(19(26)27-5)28-20(2,3)4)18(22)25-15(23-11)10-14(24-25)12-7-6-8-13(21)9-12/h6-17,30,37-38H,1-5H3;6-13,23,32H,1-5H3;6-10,17H,1-5H3/t30-;23-;17-/m000/s1. The van der Waals surface area contributed by atoms with Crippen molar-refractivity contribution in [3.8, 4) is 84.5 Å². The van der Waals surface area contributed by atoms with Crippen molar-refractivity contribution in [2.75, 3.05) is 21.3 Å². The maximum Gasteiger partial charge on any atom is 0.339 e. The quantitative estimate of drug-likeness (QED) is 0.0489. The van der Waals surface area contributed by atoms with Crippen molar-refractivity contribution in [3.63, 3.8) is 0 Å². The first-order chi connectivity index (χ1) is 49.0. The molecule has 0 radical (unpaired) electrons. The normalized spacial score (nSPS) is 12.7. The molecule has 12 rings (SSSR count). The van der Waals surface area contributed by atoms with Crippen molar-refractivity contribution in [2.24, 2.45) is 0 Å². The number of esters is 3. The van der Waals surface area contributed by atoms with Gasteiger partial charge in [-0.2, -0.15) is 15.3 Å². The largest absolute Gasteiger partial charge is 0.508 e. The number of nitrogens with zero attached hydrogens (tertiary/aromatic N) is 9. The van der Waals surface area contributed by atoms with Crippen molar-refractivity contribution in [3.05, 3.63) is 212 Å². The number of hydrogen-bond donors (Lipinski definition) is 3. The number of aromatic nitrogens is 9. The summed E-state index contributed by atoms with van der Waals surface area (Å²) in [6.07, 6.45) is -3.19. The molecule has 21 nitrogen and oxygen atoms in total. The Hall–Kier alpha value is -10.2. The fourth-order valence-corrected chi connectivity index (χ4v) is 12.6. The molecule has 0 spiro atoms. The van der Waals surface area contributed by atoms with E-state index in [9.17, 15) is 38.5 Å². The van der Waals surface area contributed by atoms with Crippen LogP contribution < -0.4 is 0 Å². The Bertz CT molecular complexity index is 5240. The second-order valence-corrected chi connectivity index (χ2v) is 28.7. The molecule has 0 fully saturated rings. The van der Waals surface area contributed by atoms with Crippen molar-refractivity contribution >= 4 is 74.0 Å². The van der Waals surface area contributed by atoms with Crippen molar-refractivity contribution < 1.29 is 66.9 Å². The van der Waals surface area contributed by atoms with Crippen LogP contribution in [0.1, 0.15) is 114 Å². The van der Waals surface area contributed by atoms with Gasteiger partial charge in [0.05, 0.1) is 72.0 Å². The third-order valence-electron chi connectivity index (χ3n) is 15.9. The Morgan fingerprint density at radius 3 is 1.13 bits per heavy atom. The van der Waals surface area contributed by atoms with Gasteiger partial charge in [0.25, 0.3) is 0 Å². The number of methoxy groups -OCH3 is 3. The minimum Gasteiger partial charge on any atom is -0.508 e. The minimum absolute atomic E-state index is 0.0924. The third-order valence-corrected chi connectivity index (χ3v) is 17.2. The van der Waals surface area contributed by atoms with Gasteiger partial charge in [0.15, 0.2) is 35.3 Å². The topological polar surface area (TPSA) is 258 Å². The molecule has 12 aromatic rings. The van der Waals surface area contributed by atoms with Gasteiger partial charge in [-0.3, -0.25) is 0 Å². The molecule has 0 amide bonds. The lowest BCUT2D eigenvalue weighted by Gasteiger charge is -2.28. The van der Waals surface area contributed by atoms with Gasteiger partial charge >= 0.3 is 17.9 Å². The van der Waals surface area contributed by atoms with E-state index in [-0.39, 0.29) is 27.6 Å². The third kappa shape index (κ3) is 17.4. The number of hydrogen-bond acceptors (Lipinski definition) is 18. The number of benzene rings is 6. The number of carbonyl (C=O) groups excluding carboxylic acids is 3. The van der Waals surface area contributed by atoms with Gasteiger partial charge in [0, 0.05) is 90.8 Å². The predicted octanol–water partition coefficient (Wildman–Crippen LogP) is 17.7. The maximum absolute atomic E-state index is 13.6. The molecular formula is C78H76BrCl2F2N9O12. The van der Waals surface area contributed by atoms with Gasteiger partial charge in [-0.1, -0.05) is 87.7 Å². The minimum atomic E-state index is -1.10. The van der Waals surface area contributed by atoms with Crippen LogP contribution in [-0.2, 0) is 42.8 Å². The van der Waals surface area contributed by atoms with Crippen LogP contribution in [0.5, 0.6) is 17.2 Å². The molecule has 26 heteroatoms. The van der Waals surface area contributed by atoms with Gasteiger partial charge < -0.3 is 43.7 Å². The molecule has 104 heavy (non-hydrogen) atoms. The van der Waals surface area contributed by atoms with Crippen LogP contribution in [0.3, 0.4) is 0 Å². The molecule has 6 aromatic heterocycles. The molecule has 6 aromatic carbocycles. The molecule has 0 bridgehead atoms. The van der Waals surface area contributed by atoms with E-state index in [0.29, 0.717) is 95.6 Å².